The lowest BCUT2D eigenvalue weighted by molar-refractivity contribution is 0.661. The van der Waals surface area contributed by atoms with Crippen LogP contribution in [0.4, 0.5) is 0 Å². The molecular formula is C41H26N2OS. The maximum absolute atomic E-state index is 6.48. The van der Waals surface area contributed by atoms with Crippen LogP contribution in [0.25, 0.3) is 86.8 Å². The highest BCUT2D eigenvalue weighted by Crippen LogP contribution is 2.54. The van der Waals surface area contributed by atoms with Crippen LogP contribution >= 0.6 is 11.3 Å². The van der Waals surface area contributed by atoms with Crippen LogP contribution < -0.4 is 0 Å². The van der Waals surface area contributed by atoms with E-state index in [0.717, 1.165) is 55.5 Å². The number of thiophene rings is 1. The van der Waals surface area contributed by atoms with Crippen LogP contribution in [-0.4, -0.2) is 9.97 Å². The highest BCUT2D eigenvalue weighted by molar-refractivity contribution is 7.26. The maximum Gasteiger partial charge on any atom is 0.160 e. The molecule has 0 spiro atoms. The summed E-state index contributed by atoms with van der Waals surface area (Å²) in [6.45, 7) is 4.68. The van der Waals surface area contributed by atoms with Gasteiger partial charge in [-0.15, -0.1) is 11.3 Å². The molecule has 45 heavy (non-hydrogen) atoms. The van der Waals surface area contributed by atoms with Crippen molar-refractivity contribution in [1.29, 1.82) is 0 Å². The van der Waals surface area contributed by atoms with Gasteiger partial charge >= 0.3 is 0 Å². The second kappa shape index (κ2) is 8.87. The fourth-order valence-corrected chi connectivity index (χ4v) is 8.76. The monoisotopic (exact) mass is 594 g/mol. The lowest BCUT2D eigenvalue weighted by Gasteiger charge is -2.21. The zero-order chi connectivity index (χ0) is 29.9. The Morgan fingerprint density at radius 2 is 1.38 bits per heavy atom. The molecule has 0 saturated carbocycles. The summed E-state index contributed by atoms with van der Waals surface area (Å²) in [5, 5.41) is 5.77. The Morgan fingerprint density at radius 1 is 0.622 bits per heavy atom. The molecule has 0 saturated heterocycles. The van der Waals surface area contributed by atoms with Crippen molar-refractivity contribution in [1.82, 2.24) is 9.97 Å². The summed E-state index contributed by atoms with van der Waals surface area (Å²) >= 11 is 1.90. The van der Waals surface area contributed by atoms with Crippen LogP contribution in [-0.2, 0) is 5.41 Å². The Bertz CT molecular complexity index is 2680. The van der Waals surface area contributed by atoms with Gasteiger partial charge in [0.1, 0.15) is 11.2 Å². The molecule has 3 heterocycles. The quantitative estimate of drug-likeness (QED) is 0.200. The predicted octanol–water partition coefficient (Wildman–Crippen LogP) is 11.5. The first-order valence-electron chi connectivity index (χ1n) is 15.3. The standard InChI is InChI=1S/C41H26N2OS/c1-41(2)30-19-16-24(22-29(30)35-31(41)20-17-28-26-13-7-9-15-34(26)45-39(28)35)40-42-32-21-18-27-25-12-6-8-14-33(25)44-38(27)36(32)37(43-40)23-10-4-3-5-11-23/h3-22H,1-2H3. The van der Waals surface area contributed by atoms with Gasteiger partial charge in [0.15, 0.2) is 5.82 Å². The Labute approximate surface area is 263 Å². The Balaban J connectivity index is 1.25. The van der Waals surface area contributed by atoms with Crippen LogP contribution in [0.2, 0.25) is 0 Å². The lowest BCUT2D eigenvalue weighted by Crippen LogP contribution is -2.14. The van der Waals surface area contributed by atoms with Crippen LogP contribution in [0, 0.1) is 0 Å². The van der Waals surface area contributed by atoms with Crippen molar-refractivity contribution in [3.8, 4) is 33.8 Å². The van der Waals surface area contributed by atoms with Crippen LogP contribution in [0.15, 0.2) is 126 Å². The van der Waals surface area contributed by atoms with Crippen molar-refractivity contribution in [3.63, 3.8) is 0 Å². The lowest BCUT2D eigenvalue weighted by atomic mass is 9.82. The first kappa shape index (κ1) is 25.1. The van der Waals surface area contributed by atoms with Crippen molar-refractivity contribution >= 4 is 64.4 Å². The normalized spacial score (nSPS) is 13.7. The molecule has 3 aromatic heterocycles. The average molecular weight is 595 g/mol. The van der Waals surface area contributed by atoms with E-state index in [4.69, 9.17) is 14.4 Å². The Hall–Kier alpha value is -5.32. The summed E-state index contributed by atoms with van der Waals surface area (Å²) < 4.78 is 9.16. The largest absolute Gasteiger partial charge is 0.455 e. The van der Waals surface area contributed by atoms with E-state index in [-0.39, 0.29) is 5.41 Å². The van der Waals surface area contributed by atoms with E-state index in [9.17, 15) is 0 Å². The van der Waals surface area contributed by atoms with E-state index >= 15 is 0 Å². The van der Waals surface area contributed by atoms with E-state index in [0.29, 0.717) is 0 Å². The third-order valence-electron chi connectivity index (χ3n) is 9.69. The molecule has 0 radical (unpaired) electrons. The first-order valence-corrected chi connectivity index (χ1v) is 16.2. The SMILES string of the molecule is CC1(C)c2ccc(-c3nc(-c4ccccc4)c4c(ccc5c6ccccc6oc54)n3)cc2-c2c1ccc1c2sc2ccccc21. The van der Waals surface area contributed by atoms with Crippen LogP contribution in [0.5, 0.6) is 0 Å². The molecule has 3 nitrogen and oxygen atoms in total. The summed E-state index contributed by atoms with van der Waals surface area (Å²) in [4.78, 5) is 10.5. The van der Waals surface area contributed by atoms with E-state index < -0.39 is 0 Å². The number of rotatable bonds is 2. The highest BCUT2D eigenvalue weighted by Gasteiger charge is 2.37. The summed E-state index contributed by atoms with van der Waals surface area (Å²) in [6, 6.07) is 43.1. The fraction of sp³-hybridized carbons (Fsp3) is 0.0732. The summed E-state index contributed by atoms with van der Waals surface area (Å²) in [7, 11) is 0. The number of furan rings is 1. The van der Waals surface area contributed by atoms with Crippen molar-refractivity contribution < 1.29 is 4.42 Å². The number of benzene rings is 6. The van der Waals surface area contributed by atoms with Crippen molar-refractivity contribution in [2.45, 2.75) is 19.3 Å². The molecule has 0 bridgehead atoms. The first-order chi connectivity index (χ1) is 22.1. The van der Waals surface area contributed by atoms with Crippen LogP contribution in [0.1, 0.15) is 25.0 Å². The predicted molar refractivity (Wildman–Crippen MR) is 188 cm³/mol. The maximum atomic E-state index is 6.48. The molecule has 0 amide bonds. The number of hydrogen-bond acceptors (Lipinski definition) is 4. The van der Waals surface area contributed by atoms with Gasteiger partial charge < -0.3 is 4.42 Å². The number of hydrogen-bond donors (Lipinski definition) is 0. The molecule has 0 N–H and O–H groups in total. The summed E-state index contributed by atoms with van der Waals surface area (Å²) in [5.74, 6) is 0.717. The van der Waals surface area contributed by atoms with Gasteiger partial charge in [-0.3, -0.25) is 0 Å². The van der Waals surface area contributed by atoms with E-state index in [2.05, 4.69) is 117 Å². The van der Waals surface area contributed by atoms with Gasteiger partial charge in [0.25, 0.3) is 0 Å². The number of para-hydroxylation sites is 1. The van der Waals surface area contributed by atoms with Gasteiger partial charge in [0, 0.05) is 53.1 Å². The zero-order valence-electron chi connectivity index (χ0n) is 24.8. The van der Waals surface area contributed by atoms with Gasteiger partial charge in [0.05, 0.1) is 16.6 Å². The molecule has 0 aliphatic heterocycles. The molecule has 9 aromatic rings. The minimum absolute atomic E-state index is 0.0973. The Kier molecular flexibility index (Phi) is 4.94. The molecule has 1 aliphatic rings. The van der Waals surface area contributed by atoms with Gasteiger partial charge in [-0.05, 0) is 47.0 Å². The minimum Gasteiger partial charge on any atom is -0.455 e. The molecule has 0 fully saturated rings. The Morgan fingerprint density at radius 3 is 2.27 bits per heavy atom. The molecule has 0 unspecified atom stereocenters. The third-order valence-corrected chi connectivity index (χ3v) is 10.9. The minimum atomic E-state index is -0.0973. The average Bonchev–Trinajstić information content (AvgIpc) is 3.72. The van der Waals surface area contributed by atoms with E-state index in [1.807, 2.05) is 29.5 Å². The summed E-state index contributed by atoms with van der Waals surface area (Å²) in [5.41, 5.74) is 10.8. The summed E-state index contributed by atoms with van der Waals surface area (Å²) in [6.07, 6.45) is 0. The smallest absolute Gasteiger partial charge is 0.160 e. The number of nitrogens with zero attached hydrogens (tertiary/aromatic N) is 2. The van der Waals surface area contributed by atoms with Crippen molar-refractivity contribution in [2.75, 3.05) is 0 Å². The van der Waals surface area contributed by atoms with Crippen LogP contribution in [0.3, 0.4) is 0 Å². The molecule has 10 rings (SSSR count). The topological polar surface area (TPSA) is 38.9 Å². The third kappa shape index (κ3) is 3.40. The number of fused-ring (bicyclic) bond motifs is 12. The molecule has 6 aromatic carbocycles. The second-order valence-electron chi connectivity index (χ2n) is 12.5. The molecule has 4 heteroatoms. The molecular weight excluding hydrogens is 569 g/mol. The van der Waals surface area contributed by atoms with Gasteiger partial charge in [0.2, 0.25) is 0 Å². The van der Waals surface area contributed by atoms with Gasteiger partial charge in [-0.1, -0.05) is 105 Å². The van der Waals surface area contributed by atoms with Gasteiger partial charge in [-0.2, -0.15) is 0 Å². The fourth-order valence-electron chi connectivity index (χ4n) is 7.49. The molecule has 212 valence electrons. The molecule has 0 atom stereocenters. The highest BCUT2D eigenvalue weighted by atomic mass is 32.1. The van der Waals surface area contributed by atoms with E-state index in [1.54, 1.807) is 0 Å². The van der Waals surface area contributed by atoms with Crippen molar-refractivity contribution in [2.24, 2.45) is 0 Å². The van der Waals surface area contributed by atoms with Crippen molar-refractivity contribution in [3.05, 3.63) is 132 Å². The van der Waals surface area contributed by atoms with E-state index in [1.165, 1.54) is 42.4 Å². The van der Waals surface area contributed by atoms with Gasteiger partial charge in [-0.25, -0.2) is 9.97 Å². The molecule has 1 aliphatic carbocycles. The second-order valence-corrected chi connectivity index (χ2v) is 13.6. The number of aromatic nitrogens is 2. The zero-order valence-corrected chi connectivity index (χ0v) is 25.6.